The van der Waals surface area contributed by atoms with Gasteiger partial charge in [-0.25, -0.2) is 0 Å². The first-order valence-electron chi connectivity index (χ1n) is 6.46. The van der Waals surface area contributed by atoms with Crippen LogP contribution in [0.15, 0.2) is 18.2 Å². The molecule has 1 rings (SSSR count). The summed E-state index contributed by atoms with van der Waals surface area (Å²) in [5, 5.41) is 0.679. The fraction of sp³-hybridized carbons (Fsp3) is 0.571. The van der Waals surface area contributed by atoms with Gasteiger partial charge in [0, 0.05) is 30.3 Å². The molecule has 0 saturated carbocycles. The Hall–Kier alpha value is -0.810. The molecule has 108 valence electrons. The summed E-state index contributed by atoms with van der Waals surface area (Å²) in [6.45, 7) is 4.65. The quantitative estimate of drug-likeness (QED) is 0.745. The number of methoxy groups -OCH3 is 1. The summed E-state index contributed by atoms with van der Waals surface area (Å²) in [4.78, 5) is 2.14. The number of benzene rings is 1. The first-order valence-corrected chi connectivity index (χ1v) is 6.83. The average Bonchev–Trinajstić information content (AvgIpc) is 2.41. The number of rotatable bonds is 8. The van der Waals surface area contributed by atoms with Gasteiger partial charge < -0.3 is 15.2 Å². The number of halogens is 1. The Kier molecular flexibility index (Phi) is 7.16. The van der Waals surface area contributed by atoms with Crippen LogP contribution in [0.2, 0.25) is 5.02 Å². The number of nitrogens with two attached hydrogens (primary N) is 1. The van der Waals surface area contributed by atoms with E-state index in [1.54, 1.807) is 7.11 Å². The Morgan fingerprint density at radius 3 is 2.74 bits per heavy atom. The maximum Gasteiger partial charge on any atom is 0.125 e. The van der Waals surface area contributed by atoms with Gasteiger partial charge in [-0.1, -0.05) is 17.7 Å². The number of hydrogen-bond donors (Lipinski definition) is 1. The van der Waals surface area contributed by atoms with Crippen molar-refractivity contribution in [1.82, 2.24) is 4.90 Å². The molecule has 0 radical (unpaired) electrons. The van der Waals surface area contributed by atoms with Gasteiger partial charge in [-0.3, -0.25) is 4.90 Å². The highest BCUT2D eigenvalue weighted by molar-refractivity contribution is 6.31. The zero-order valence-corrected chi connectivity index (χ0v) is 12.6. The van der Waals surface area contributed by atoms with Crippen molar-refractivity contribution in [3.8, 4) is 5.75 Å². The third-order valence-corrected chi connectivity index (χ3v) is 3.44. The summed E-state index contributed by atoms with van der Waals surface area (Å²) < 4.78 is 10.8. The molecule has 4 nitrogen and oxygen atoms in total. The first-order chi connectivity index (χ1) is 9.15. The first kappa shape index (κ1) is 16.2. The van der Waals surface area contributed by atoms with Crippen LogP contribution in [-0.4, -0.2) is 45.4 Å². The highest BCUT2D eigenvalue weighted by atomic mass is 35.5. The molecule has 0 saturated heterocycles. The topological polar surface area (TPSA) is 47.7 Å². The Balaban J connectivity index is 2.90. The molecule has 0 aliphatic carbocycles. The van der Waals surface area contributed by atoms with Gasteiger partial charge in [0.2, 0.25) is 0 Å². The number of likely N-dealkylation sites (N-methyl/N-ethyl adjacent to an activating group) is 1. The van der Waals surface area contributed by atoms with E-state index in [0.29, 0.717) is 18.2 Å². The van der Waals surface area contributed by atoms with E-state index in [9.17, 15) is 0 Å². The molecule has 0 fully saturated rings. The molecule has 0 amide bonds. The zero-order chi connectivity index (χ0) is 14.3. The van der Waals surface area contributed by atoms with Crippen molar-refractivity contribution in [2.75, 3.05) is 40.5 Å². The molecule has 0 aliphatic rings. The SMILES string of the molecule is CCOCCN(C)C(CN)c1c(Cl)cccc1OC. The molecule has 1 aromatic rings. The molecule has 0 spiro atoms. The van der Waals surface area contributed by atoms with E-state index in [0.717, 1.165) is 24.5 Å². The van der Waals surface area contributed by atoms with E-state index >= 15 is 0 Å². The molecule has 1 aromatic carbocycles. The summed E-state index contributed by atoms with van der Waals surface area (Å²) in [7, 11) is 3.66. The average molecular weight is 287 g/mol. The van der Waals surface area contributed by atoms with Crippen LogP contribution in [0.1, 0.15) is 18.5 Å². The zero-order valence-electron chi connectivity index (χ0n) is 11.9. The van der Waals surface area contributed by atoms with Crippen LogP contribution in [0.3, 0.4) is 0 Å². The molecule has 19 heavy (non-hydrogen) atoms. The maximum absolute atomic E-state index is 6.29. The van der Waals surface area contributed by atoms with Gasteiger partial charge in [-0.15, -0.1) is 0 Å². The fourth-order valence-corrected chi connectivity index (χ4v) is 2.34. The van der Waals surface area contributed by atoms with E-state index in [-0.39, 0.29) is 6.04 Å². The minimum absolute atomic E-state index is 0.0177. The standard InChI is InChI=1S/C14H23ClN2O2/c1-4-19-9-8-17(2)12(10-16)14-11(15)6-5-7-13(14)18-3/h5-7,12H,4,8-10,16H2,1-3H3. The van der Waals surface area contributed by atoms with Crippen molar-refractivity contribution >= 4 is 11.6 Å². The molecular formula is C14H23ClN2O2. The normalized spacial score (nSPS) is 12.7. The van der Waals surface area contributed by atoms with E-state index in [1.165, 1.54) is 0 Å². The number of nitrogens with zero attached hydrogens (tertiary/aromatic N) is 1. The van der Waals surface area contributed by atoms with Crippen molar-refractivity contribution in [3.63, 3.8) is 0 Å². The van der Waals surface area contributed by atoms with Crippen LogP contribution in [0.5, 0.6) is 5.75 Å². The van der Waals surface area contributed by atoms with Crippen molar-refractivity contribution in [3.05, 3.63) is 28.8 Å². The molecule has 0 aromatic heterocycles. The predicted octanol–water partition coefficient (Wildman–Crippen LogP) is 2.32. The molecule has 0 aliphatic heterocycles. The molecule has 5 heteroatoms. The molecule has 0 heterocycles. The molecule has 1 unspecified atom stereocenters. The van der Waals surface area contributed by atoms with E-state index < -0.39 is 0 Å². The lowest BCUT2D eigenvalue weighted by Crippen LogP contribution is -2.33. The Morgan fingerprint density at radius 2 is 2.16 bits per heavy atom. The van der Waals surface area contributed by atoms with Gasteiger partial charge in [0.05, 0.1) is 19.8 Å². The minimum Gasteiger partial charge on any atom is -0.496 e. The van der Waals surface area contributed by atoms with Gasteiger partial charge in [0.15, 0.2) is 0 Å². The lowest BCUT2D eigenvalue weighted by atomic mass is 10.0. The largest absolute Gasteiger partial charge is 0.496 e. The van der Waals surface area contributed by atoms with E-state index in [4.69, 9.17) is 26.8 Å². The van der Waals surface area contributed by atoms with Crippen LogP contribution < -0.4 is 10.5 Å². The highest BCUT2D eigenvalue weighted by Gasteiger charge is 2.21. The van der Waals surface area contributed by atoms with Crippen LogP contribution in [0.4, 0.5) is 0 Å². The Bertz CT molecular complexity index is 388. The van der Waals surface area contributed by atoms with Crippen molar-refractivity contribution in [2.24, 2.45) is 5.73 Å². The number of hydrogen-bond acceptors (Lipinski definition) is 4. The van der Waals surface area contributed by atoms with Crippen molar-refractivity contribution < 1.29 is 9.47 Å². The number of ether oxygens (including phenoxy) is 2. The third-order valence-electron chi connectivity index (χ3n) is 3.11. The highest BCUT2D eigenvalue weighted by Crippen LogP contribution is 2.34. The third kappa shape index (κ3) is 4.35. The fourth-order valence-electron chi connectivity index (χ4n) is 2.05. The van der Waals surface area contributed by atoms with Gasteiger partial charge in [-0.05, 0) is 26.1 Å². The van der Waals surface area contributed by atoms with Crippen LogP contribution in [0.25, 0.3) is 0 Å². The van der Waals surface area contributed by atoms with Gasteiger partial charge in [-0.2, -0.15) is 0 Å². The molecule has 1 atom stereocenters. The molecule has 0 bridgehead atoms. The van der Waals surface area contributed by atoms with E-state index in [2.05, 4.69) is 4.90 Å². The summed E-state index contributed by atoms with van der Waals surface area (Å²) in [5.74, 6) is 0.770. The summed E-state index contributed by atoms with van der Waals surface area (Å²) in [5.41, 5.74) is 6.84. The van der Waals surface area contributed by atoms with Crippen molar-refractivity contribution in [1.29, 1.82) is 0 Å². The van der Waals surface area contributed by atoms with Crippen LogP contribution >= 0.6 is 11.6 Å². The van der Waals surface area contributed by atoms with Crippen LogP contribution in [-0.2, 0) is 4.74 Å². The second-order valence-electron chi connectivity index (χ2n) is 4.28. The maximum atomic E-state index is 6.29. The Labute approximate surface area is 120 Å². The molecular weight excluding hydrogens is 264 g/mol. The van der Waals surface area contributed by atoms with Gasteiger partial charge in [0.1, 0.15) is 5.75 Å². The monoisotopic (exact) mass is 286 g/mol. The van der Waals surface area contributed by atoms with Gasteiger partial charge in [0.25, 0.3) is 0 Å². The van der Waals surface area contributed by atoms with Gasteiger partial charge >= 0.3 is 0 Å². The molecule has 2 N–H and O–H groups in total. The van der Waals surface area contributed by atoms with Crippen molar-refractivity contribution in [2.45, 2.75) is 13.0 Å². The second-order valence-corrected chi connectivity index (χ2v) is 4.69. The predicted molar refractivity (Wildman–Crippen MR) is 78.9 cm³/mol. The summed E-state index contributed by atoms with van der Waals surface area (Å²) in [6, 6.07) is 5.65. The lowest BCUT2D eigenvalue weighted by Gasteiger charge is -2.29. The summed E-state index contributed by atoms with van der Waals surface area (Å²) >= 11 is 6.29. The lowest BCUT2D eigenvalue weighted by molar-refractivity contribution is 0.108. The second kappa shape index (κ2) is 8.38. The smallest absolute Gasteiger partial charge is 0.125 e. The van der Waals surface area contributed by atoms with E-state index in [1.807, 2.05) is 32.2 Å². The minimum atomic E-state index is 0.0177. The summed E-state index contributed by atoms with van der Waals surface area (Å²) in [6.07, 6.45) is 0. The van der Waals surface area contributed by atoms with Crippen LogP contribution in [0, 0.1) is 0 Å². The Morgan fingerprint density at radius 1 is 1.42 bits per heavy atom.